The van der Waals surface area contributed by atoms with Gasteiger partial charge in [0.15, 0.2) is 5.75 Å². The normalized spacial score (nSPS) is 17.5. The van der Waals surface area contributed by atoms with Gasteiger partial charge in [-0.15, -0.1) is 0 Å². The fourth-order valence-electron chi connectivity index (χ4n) is 2.14. The quantitative estimate of drug-likeness (QED) is 0.824. The largest absolute Gasteiger partial charge is 0.489 e. The van der Waals surface area contributed by atoms with Gasteiger partial charge >= 0.3 is 0 Å². The van der Waals surface area contributed by atoms with E-state index < -0.39 is 0 Å². The zero-order valence-electron chi connectivity index (χ0n) is 10.4. The summed E-state index contributed by atoms with van der Waals surface area (Å²) in [6, 6.07) is 0. The first kappa shape index (κ1) is 11.5. The van der Waals surface area contributed by atoms with E-state index in [0.29, 0.717) is 5.41 Å². The summed E-state index contributed by atoms with van der Waals surface area (Å²) in [6.07, 6.45) is 3.58. The molecule has 4 heteroatoms. The molecule has 4 nitrogen and oxygen atoms in total. The van der Waals surface area contributed by atoms with Crippen LogP contribution in [0.5, 0.6) is 5.75 Å². The fourth-order valence-corrected chi connectivity index (χ4v) is 2.14. The van der Waals surface area contributed by atoms with Crippen molar-refractivity contribution in [2.45, 2.75) is 33.1 Å². The van der Waals surface area contributed by atoms with E-state index in [9.17, 15) is 0 Å². The number of nitrogens with two attached hydrogens (primary N) is 1. The highest BCUT2D eigenvalue weighted by molar-refractivity contribution is 5.31. The summed E-state index contributed by atoms with van der Waals surface area (Å²) in [4.78, 5) is 0. The van der Waals surface area contributed by atoms with Crippen molar-refractivity contribution in [2.75, 3.05) is 13.2 Å². The fraction of sp³-hybridized carbons (Fsp3) is 0.750. The zero-order chi connectivity index (χ0) is 11.8. The van der Waals surface area contributed by atoms with E-state index in [2.05, 4.69) is 5.10 Å². The molecule has 0 atom stereocenters. The molecule has 1 saturated carbocycles. The predicted molar refractivity (Wildman–Crippen MR) is 63.5 cm³/mol. The van der Waals surface area contributed by atoms with Gasteiger partial charge in [-0.3, -0.25) is 4.68 Å². The second-order valence-corrected chi connectivity index (χ2v) is 4.95. The van der Waals surface area contributed by atoms with E-state index >= 15 is 0 Å². The summed E-state index contributed by atoms with van der Waals surface area (Å²) < 4.78 is 7.80. The molecule has 16 heavy (non-hydrogen) atoms. The van der Waals surface area contributed by atoms with Crippen LogP contribution in [-0.4, -0.2) is 22.9 Å². The summed E-state index contributed by atoms with van der Waals surface area (Å²) >= 11 is 0. The number of aryl methyl sites for hydroxylation is 2. The Morgan fingerprint density at radius 1 is 1.44 bits per heavy atom. The van der Waals surface area contributed by atoms with Crippen molar-refractivity contribution in [3.05, 3.63) is 11.4 Å². The number of rotatable bonds is 5. The lowest BCUT2D eigenvalue weighted by Gasteiger charge is -2.15. The molecule has 1 aliphatic carbocycles. The Kier molecular flexibility index (Phi) is 2.93. The smallest absolute Gasteiger partial charge is 0.162 e. The van der Waals surface area contributed by atoms with E-state index in [1.165, 1.54) is 12.8 Å². The molecule has 90 valence electrons. The Bertz CT molecular complexity index is 380. The molecule has 0 amide bonds. The molecule has 1 aliphatic rings. The Labute approximate surface area is 96.8 Å². The van der Waals surface area contributed by atoms with Crippen LogP contribution in [0.15, 0.2) is 0 Å². The van der Waals surface area contributed by atoms with Gasteiger partial charge in [0.1, 0.15) is 5.69 Å². The van der Waals surface area contributed by atoms with E-state index in [-0.39, 0.29) is 0 Å². The van der Waals surface area contributed by atoms with Gasteiger partial charge in [-0.2, -0.15) is 5.10 Å². The average Bonchev–Trinajstić information content (AvgIpc) is 2.93. The lowest BCUT2D eigenvalue weighted by molar-refractivity contribution is 0.224. The van der Waals surface area contributed by atoms with Gasteiger partial charge in [0, 0.05) is 12.5 Å². The molecule has 0 unspecified atom stereocenters. The van der Waals surface area contributed by atoms with Gasteiger partial charge in [0.05, 0.1) is 12.3 Å². The molecule has 0 spiro atoms. The Morgan fingerprint density at radius 2 is 2.12 bits per heavy atom. The van der Waals surface area contributed by atoms with E-state index in [4.69, 9.17) is 10.5 Å². The summed E-state index contributed by atoms with van der Waals surface area (Å²) in [5.41, 5.74) is 8.05. The molecule has 1 aromatic heterocycles. The maximum absolute atomic E-state index is 5.93. The van der Waals surface area contributed by atoms with Gasteiger partial charge in [0.25, 0.3) is 0 Å². The first-order chi connectivity index (χ1) is 7.58. The number of aromatic nitrogens is 2. The highest BCUT2D eigenvalue weighted by atomic mass is 16.5. The Morgan fingerprint density at radius 3 is 2.56 bits per heavy atom. The van der Waals surface area contributed by atoms with Crippen molar-refractivity contribution in [1.29, 1.82) is 0 Å². The van der Waals surface area contributed by atoms with Crippen molar-refractivity contribution in [2.24, 2.45) is 18.2 Å². The average molecular weight is 223 g/mol. The second kappa shape index (κ2) is 4.09. The summed E-state index contributed by atoms with van der Waals surface area (Å²) in [5, 5.41) is 4.34. The van der Waals surface area contributed by atoms with Crippen LogP contribution in [0.1, 0.15) is 30.7 Å². The molecule has 0 bridgehead atoms. The van der Waals surface area contributed by atoms with E-state index in [1.807, 2.05) is 25.6 Å². The van der Waals surface area contributed by atoms with Crippen LogP contribution in [0.2, 0.25) is 0 Å². The van der Waals surface area contributed by atoms with Gasteiger partial charge in [-0.05, 0) is 39.7 Å². The number of hydrogen-bond donors (Lipinski definition) is 1. The number of nitrogens with zero attached hydrogens (tertiary/aromatic N) is 2. The van der Waals surface area contributed by atoms with Crippen molar-refractivity contribution in [3.8, 4) is 5.75 Å². The lowest BCUT2D eigenvalue weighted by Crippen LogP contribution is -2.17. The van der Waals surface area contributed by atoms with Crippen LogP contribution < -0.4 is 10.5 Å². The van der Waals surface area contributed by atoms with Crippen LogP contribution in [0, 0.1) is 19.3 Å². The summed E-state index contributed by atoms with van der Waals surface area (Å²) in [6.45, 7) is 5.58. The Balaban J connectivity index is 1.99. The summed E-state index contributed by atoms with van der Waals surface area (Å²) in [7, 11) is 1.95. The van der Waals surface area contributed by atoms with Crippen LogP contribution >= 0.6 is 0 Å². The van der Waals surface area contributed by atoms with Crippen molar-refractivity contribution in [3.63, 3.8) is 0 Å². The lowest BCUT2D eigenvalue weighted by atomic mass is 10.0. The second-order valence-electron chi connectivity index (χ2n) is 4.95. The van der Waals surface area contributed by atoms with Gasteiger partial charge in [0.2, 0.25) is 0 Å². The molecular weight excluding hydrogens is 202 g/mol. The molecular formula is C12H21N3O. The third kappa shape index (κ3) is 2.07. The minimum atomic E-state index is 0.365. The molecule has 0 aliphatic heterocycles. The summed E-state index contributed by atoms with van der Waals surface area (Å²) in [5.74, 6) is 0.950. The predicted octanol–water partition coefficient (Wildman–Crippen LogP) is 1.54. The van der Waals surface area contributed by atoms with Crippen LogP contribution in [0.3, 0.4) is 0 Å². The first-order valence-corrected chi connectivity index (χ1v) is 5.91. The third-order valence-electron chi connectivity index (χ3n) is 3.60. The topological polar surface area (TPSA) is 53.1 Å². The minimum absolute atomic E-state index is 0.365. The monoisotopic (exact) mass is 223 g/mol. The SMILES string of the molecule is Cc1nn(C)c(C)c1OCC1(CCN)CC1. The first-order valence-electron chi connectivity index (χ1n) is 5.91. The maximum Gasteiger partial charge on any atom is 0.162 e. The molecule has 1 fully saturated rings. The van der Waals surface area contributed by atoms with Crippen molar-refractivity contribution >= 4 is 0 Å². The molecule has 1 heterocycles. The molecule has 1 aromatic rings. The number of hydrogen-bond acceptors (Lipinski definition) is 3. The van der Waals surface area contributed by atoms with Crippen LogP contribution in [0.25, 0.3) is 0 Å². The highest BCUT2D eigenvalue weighted by Crippen LogP contribution is 2.48. The molecule has 2 N–H and O–H groups in total. The highest BCUT2D eigenvalue weighted by Gasteiger charge is 2.42. The van der Waals surface area contributed by atoms with Crippen molar-refractivity contribution in [1.82, 2.24) is 9.78 Å². The van der Waals surface area contributed by atoms with Gasteiger partial charge < -0.3 is 10.5 Å². The number of ether oxygens (including phenoxy) is 1. The molecule has 0 aromatic carbocycles. The third-order valence-corrected chi connectivity index (χ3v) is 3.60. The van der Waals surface area contributed by atoms with E-state index in [0.717, 1.165) is 36.7 Å². The minimum Gasteiger partial charge on any atom is -0.489 e. The molecule has 0 saturated heterocycles. The van der Waals surface area contributed by atoms with Gasteiger partial charge in [-0.25, -0.2) is 0 Å². The van der Waals surface area contributed by atoms with Crippen molar-refractivity contribution < 1.29 is 4.74 Å². The Hall–Kier alpha value is -1.03. The zero-order valence-corrected chi connectivity index (χ0v) is 10.4. The van der Waals surface area contributed by atoms with Crippen LogP contribution in [0.4, 0.5) is 0 Å². The maximum atomic E-state index is 5.93. The molecule has 0 radical (unpaired) electrons. The van der Waals surface area contributed by atoms with Gasteiger partial charge in [-0.1, -0.05) is 0 Å². The molecule has 2 rings (SSSR count). The van der Waals surface area contributed by atoms with E-state index in [1.54, 1.807) is 0 Å². The van der Waals surface area contributed by atoms with Crippen LogP contribution in [-0.2, 0) is 7.05 Å². The standard InChI is InChI=1S/C12H21N3O/c1-9-11(10(2)15(3)14-9)16-8-12(4-5-12)6-7-13/h4-8,13H2,1-3H3.